The summed E-state index contributed by atoms with van der Waals surface area (Å²) in [7, 11) is 0. The predicted molar refractivity (Wildman–Crippen MR) is 101 cm³/mol. The number of aromatic amines is 1. The smallest absolute Gasteiger partial charge is 0.408 e. The quantitative estimate of drug-likeness (QED) is 0.710. The number of imidazole rings is 1. The van der Waals surface area contributed by atoms with Crippen LogP contribution in [0, 0.1) is 0 Å². The zero-order valence-corrected chi connectivity index (χ0v) is 15.7. The van der Waals surface area contributed by atoms with E-state index >= 15 is 0 Å². The molecule has 0 spiro atoms. The molecule has 0 saturated heterocycles. The molecule has 3 rings (SSSR count). The van der Waals surface area contributed by atoms with E-state index in [-0.39, 0.29) is 0 Å². The monoisotopic (exact) mass is 372 g/mol. The summed E-state index contributed by atoms with van der Waals surface area (Å²) in [5, 5.41) is 3.51. The lowest BCUT2D eigenvalue weighted by Crippen LogP contribution is -2.36. The second-order valence-corrected chi connectivity index (χ2v) is 7.44. The van der Waals surface area contributed by atoms with Crippen LogP contribution in [0.15, 0.2) is 42.6 Å². The number of rotatable bonds is 4. The van der Waals surface area contributed by atoms with Gasteiger partial charge in [-0.1, -0.05) is 17.7 Å². The second kappa shape index (κ2) is 7.33. The summed E-state index contributed by atoms with van der Waals surface area (Å²) >= 11 is 6.05. The molecule has 0 aliphatic rings. The summed E-state index contributed by atoms with van der Waals surface area (Å²) in [4.78, 5) is 24.4. The number of hydrogen-bond acceptors (Lipinski definition) is 4. The van der Waals surface area contributed by atoms with E-state index in [4.69, 9.17) is 16.3 Å². The molecular formula is C19H21ClN4O2. The molecule has 7 heteroatoms. The van der Waals surface area contributed by atoms with Gasteiger partial charge in [-0.05, 0) is 51.1 Å². The number of carbonyl (C=O) groups excluding carboxylic acids is 1. The van der Waals surface area contributed by atoms with Crippen LogP contribution in [0.5, 0.6) is 0 Å². The van der Waals surface area contributed by atoms with E-state index in [1.165, 1.54) is 0 Å². The summed E-state index contributed by atoms with van der Waals surface area (Å²) in [6, 6.07) is 10.7. The summed E-state index contributed by atoms with van der Waals surface area (Å²) in [5.41, 5.74) is 1.85. The van der Waals surface area contributed by atoms with Gasteiger partial charge in [0, 0.05) is 23.3 Å². The third kappa shape index (κ3) is 4.73. The Bertz CT molecular complexity index is 903. The molecule has 1 atom stereocenters. The highest BCUT2D eigenvalue weighted by molar-refractivity contribution is 6.31. The Kier molecular flexibility index (Phi) is 5.13. The van der Waals surface area contributed by atoms with Crippen molar-refractivity contribution in [3.05, 3.63) is 59.1 Å². The predicted octanol–water partition coefficient (Wildman–Crippen LogP) is 4.42. The van der Waals surface area contributed by atoms with Crippen LogP contribution in [-0.2, 0) is 11.2 Å². The number of hydrogen-bond donors (Lipinski definition) is 2. The number of ether oxygens (including phenoxy) is 1. The van der Waals surface area contributed by atoms with Gasteiger partial charge in [-0.25, -0.2) is 9.78 Å². The molecular weight excluding hydrogens is 352 g/mol. The minimum Gasteiger partial charge on any atom is -0.444 e. The number of nitrogens with one attached hydrogen (secondary N) is 2. The van der Waals surface area contributed by atoms with Crippen molar-refractivity contribution < 1.29 is 9.53 Å². The zero-order chi connectivity index (χ0) is 18.7. The fourth-order valence-electron chi connectivity index (χ4n) is 2.56. The normalized spacial score (nSPS) is 12.8. The van der Waals surface area contributed by atoms with Crippen LogP contribution in [0.2, 0.25) is 5.02 Å². The third-order valence-electron chi connectivity index (χ3n) is 3.62. The summed E-state index contributed by atoms with van der Waals surface area (Å²) in [6.07, 6.45) is 1.70. The second-order valence-electron chi connectivity index (χ2n) is 7.01. The molecule has 0 aliphatic heterocycles. The maximum Gasteiger partial charge on any atom is 0.408 e. The number of benzene rings is 1. The molecule has 6 nitrogen and oxygen atoms in total. The van der Waals surface area contributed by atoms with Crippen LogP contribution < -0.4 is 5.32 Å². The minimum atomic E-state index is -0.582. The van der Waals surface area contributed by atoms with Crippen LogP contribution in [0.4, 0.5) is 4.79 Å². The molecule has 2 N–H and O–H groups in total. The maximum atomic E-state index is 12.3. The average Bonchev–Trinajstić information content (AvgIpc) is 2.96. The van der Waals surface area contributed by atoms with Crippen molar-refractivity contribution in [3.63, 3.8) is 0 Å². The van der Waals surface area contributed by atoms with Gasteiger partial charge in [0.1, 0.15) is 11.4 Å². The number of fused-ring (bicyclic) bond motifs is 1. The van der Waals surface area contributed by atoms with Crippen molar-refractivity contribution in [2.24, 2.45) is 0 Å². The first-order valence-corrected chi connectivity index (χ1v) is 8.72. The molecule has 0 fully saturated rings. The fraction of sp³-hybridized carbons (Fsp3) is 0.316. The largest absolute Gasteiger partial charge is 0.444 e. The van der Waals surface area contributed by atoms with Crippen molar-refractivity contribution in [1.82, 2.24) is 20.3 Å². The van der Waals surface area contributed by atoms with Crippen LogP contribution in [0.3, 0.4) is 0 Å². The number of carbonyl (C=O) groups is 1. The molecule has 1 aromatic carbocycles. The molecule has 0 bridgehead atoms. The number of alkyl carbamates (subject to hydrolysis) is 1. The van der Waals surface area contributed by atoms with Crippen LogP contribution >= 0.6 is 11.6 Å². The highest BCUT2D eigenvalue weighted by atomic mass is 35.5. The third-order valence-corrected chi connectivity index (χ3v) is 3.86. The lowest BCUT2D eigenvalue weighted by molar-refractivity contribution is 0.0501. The molecule has 26 heavy (non-hydrogen) atoms. The lowest BCUT2D eigenvalue weighted by Gasteiger charge is -2.22. The lowest BCUT2D eigenvalue weighted by atomic mass is 10.1. The van der Waals surface area contributed by atoms with Gasteiger partial charge < -0.3 is 15.0 Å². The first-order valence-electron chi connectivity index (χ1n) is 8.35. The maximum absolute atomic E-state index is 12.3. The SMILES string of the molecule is CC(C)(C)OC(=O)NC(Cc1ccccn1)c1nc2ccc(Cl)cc2[nH]1. The molecule has 2 heterocycles. The van der Waals surface area contributed by atoms with Crippen molar-refractivity contribution in [2.75, 3.05) is 0 Å². The van der Waals surface area contributed by atoms with Gasteiger partial charge in [-0.3, -0.25) is 4.98 Å². The van der Waals surface area contributed by atoms with E-state index < -0.39 is 17.7 Å². The van der Waals surface area contributed by atoms with Gasteiger partial charge >= 0.3 is 6.09 Å². The molecule has 1 unspecified atom stereocenters. The molecule has 3 aromatic rings. The van der Waals surface area contributed by atoms with Gasteiger partial charge in [-0.2, -0.15) is 0 Å². The van der Waals surface area contributed by atoms with E-state index in [2.05, 4.69) is 20.3 Å². The average molecular weight is 373 g/mol. The Morgan fingerprint density at radius 1 is 1.31 bits per heavy atom. The van der Waals surface area contributed by atoms with Crippen LogP contribution in [0.1, 0.15) is 38.3 Å². The van der Waals surface area contributed by atoms with Gasteiger partial charge in [0.05, 0.1) is 17.1 Å². The van der Waals surface area contributed by atoms with E-state index in [0.29, 0.717) is 17.3 Å². The number of H-pyrrole nitrogens is 1. The van der Waals surface area contributed by atoms with E-state index in [1.807, 2.05) is 45.0 Å². The zero-order valence-electron chi connectivity index (χ0n) is 14.9. The minimum absolute atomic E-state index is 0.411. The van der Waals surface area contributed by atoms with E-state index in [1.54, 1.807) is 18.3 Å². The van der Waals surface area contributed by atoms with Crippen LogP contribution in [0.25, 0.3) is 11.0 Å². The number of pyridine rings is 1. The molecule has 0 radical (unpaired) electrons. The number of amides is 1. The molecule has 136 valence electrons. The molecule has 0 aliphatic carbocycles. The first kappa shape index (κ1) is 18.2. The Hall–Kier alpha value is -2.60. The number of halogens is 1. The Morgan fingerprint density at radius 2 is 2.12 bits per heavy atom. The summed E-state index contributed by atoms with van der Waals surface area (Å²) in [6.45, 7) is 5.47. The van der Waals surface area contributed by atoms with Crippen molar-refractivity contribution in [2.45, 2.75) is 38.8 Å². The molecule has 0 saturated carbocycles. The number of nitrogens with zero attached hydrogens (tertiary/aromatic N) is 2. The fourth-order valence-corrected chi connectivity index (χ4v) is 2.73. The van der Waals surface area contributed by atoms with Crippen molar-refractivity contribution >= 4 is 28.7 Å². The number of aromatic nitrogens is 3. The standard InChI is InChI=1S/C19H21ClN4O2/c1-19(2,3)26-18(25)24-16(11-13-6-4-5-9-21-13)17-22-14-8-7-12(20)10-15(14)23-17/h4-10,16H,11H2,1-3H3,(H,22,23)(H,24,25). The van der Waals surface area contributed by atoms with E-state index in [9.17, 15) is 4.79 Å². The topological polar surface area (TPSA) is 79.9 Å². The van der Waals surface area contributed by atoms with Gasteiger partial charge in [-0.15, -0.1) is 0 Å². The highest BCUT2D eigenvalue weighted by Crippen LogP contribution is 2.22. The van der Waals surface area contributed by atoms with E-state index in [0.717, 1.165) is 16.7 Å². The summed E-state index contributed by atoms with van der Waals surface area (Å²) < 4.78 is 5.39. The summed E-state index contributed by atoms with van der Waals surface area (Å²) in [5.74, 6) is 0.624. The van der Waals surface area contributed by atoms with Gasteiger partial charge in [0.25, 0.3) is 0 Å². The van der Waals surface area contributed by atoms with Crippen molar-refractivity contribution in [3.8, 4) is 0 Å². The van der Waals surface area contributed by atoms with Crippen molar-refractivity contribution in [1.29, 1.82) is 0 Å². The molecule has 2 aromatic heterocycles. The Morgan fingerprint density at radius 3 is 2.81 bits per heavy atom. The Balaban J connectivity index is 1.89. The highest BCUT2D eigenvalue weighted by Gasteiger charge is 2.23. The Labute approximate surface area is 157 Å². The van der Waals surface area contributed by atoms with Gasteiger partial charge in [0.2, 0.25) is 0 Å². The molecule has 1 amide bonds. The van der Waals surface area contributed by atoms with Gasteiger partial charge in [0.15, 0.2) is 0 Å². The van der Waals surface area contributed by atoms with Crippen LogP contribution in [-0.4, -0.2) is 26.6 Å². The first-order chi connectivity index (χ1) is 12.3.